The molecule has 5 heteroatoms. The van der Waals surface area contributed by atoms with Crippen LogP contribution in [0, 0.1) is 11.7 Å². The van der Waals surface area contributed by atoms with E-state index in [1.54, 1.807) is 13.2 Å². The molecule has 23 heavy (non-hydrogen) atoms. The molecule has 4 nitrogen and oxygen atoms in total. The summed E-state index contributed by atoms with van der Waals surface area (Å²) in [5.74, 6) is 1.42. The molecule has 1 aliphatic rings. The molecule has 0 amide bonds. The normalized spacial score (nSPS) is 17.3. The van der Waals surface area contributed by atoms with Crippen LogP contribution < -0.4 is 14.8 Å². The highest BCUT2D eigenvalue weighted by Gasteiger charge is 2.26. The Hall–Kier alpha value is -1.33. The molecule has 1 aliphatic heterocycles. The first kappa shape index (κ1) is 18.0. The molecule has 1 N–H and O–H groups in total. The number of hydrogen-bond acceptors (Lipinski definition) is 4. The average Bonchev–Trinajstić information content (AvgIpc) is 2.56. The average molecular weight is 324 g/mol. The van der Waals surface area contributed by atoms with Gasteiger partial charge in [-0.1, -0.05) is 13.8 Å². The maximum absolute atomic E-state index is 14.7. The molecule has 0 unspecified atom stereocenters. The van der Waals surface area contributed by atoms with Crippen molar-refractivity contribution in [3.8, 4) is 11.5 Å². The summed E-state index contributed by atoms with van der Waals surface area (Å²) in [6.07, 6.45) is 2.02. The van der Waals surface area contributed by atoms with Crippen LogP contribution in [0.5, 0.6) is 11.5 Å². The fourth-order valence-electron chi connectivity index (χ4n) is 3.15. The fourth-order valence-corrected chi connectivity index (χ4v) is 3.15. The molecule has 130 valence electrons. The van der Waals surface area contributed by atoms with Crippen molar-refractivity contribution in [1.29, 1.82) is 0 Å². The van der Waals surface area contributed by atoms with Crippen LogP contribution in [-0.4, -0.2) is 45.3 Å². The summed E-state index contributed by atoms with van der Waals surface area (Å²) in [4.78, 5) is 2.38. The Balaban J connectivity index is 2.32. The molecule has 0 spiro atoms. The monoisotopic (exact) mass is 324 g/mol. The van der Waals surface area contributed by atoms with E-state index in [1.807, 2.05) is 0 Å². The highest BCUT2D eigenvalue weighted by molar-refractivity contribution is 5.44. The molecule has 0 saturated carbocycles. The summed E-state index contributed by atoms with van der Waals surface area (Å²) in [6, 6.07) is 3.33. The Morgan fingerprint density at radius 3 is 2.26 bits per heavy atom. The predicted octanol–water partition coefficient (Wildman–Crippen LogP) is 3.23. The molecule has 0 aliphatic carbocycles. The summed E-state index contributed by atoms with van der Waals surface area (Å²) < 4.78 is 25.3. The molecule has 0 radical (unpaired) electrons. The molecule has 1 aromatic carbocycles. The van der Waals surface area contributed by atoms with Gasteiger partial charge in [-0.05, 0) is 24.8 Å². The van der Waals surface area contributed by atoms with E-state index in [1.165, 1.54) is 13.2 Å². The maximum atomic E-state index is 14.7. The van der Waals surface area contributed by atoms with E-state index in [9.17, 15) is 4.39 Å². The molecule has 1 heterocycles. The largest absolute Gasteiger partial charge is 0.493 e. The van der Waals surface area contributed by atoms with Crippen molar-refractivity contribution in [2.24, 2.45) is 5.92 Å². The van der Waals surface area contributed by atoms with Crippen molar-refractivity contribution in [3.63, 3.8) is 0 Å². The zero-order chi connectivity index (χ0) is 16.8. The van der Waals surface area contributed by atoms with E-state index in [2.05, 4.69) is 24.1 Å². The topological polar surface area (TPSA) is 33.7 Å². The van der Waals surface area contributed by atoms with Gasteiger partial charge in [-0.15, -0.1) is 0 Å². The van der Waals surface area contributed by atoms with Gasteiger partial charge in [-0.3, -0.25) is 4.90 Å². The van der Waals surface area contributed by atoms with Gasteiger partial charge in [0.15, 0.2) is 11.5 Å². The van der Waals surface area contributed by atoms with E-state index in [4.69, 9.17) is 9.47 Å². The lowest BCUT2D eigenvalue weighted by Gasteiger charge is -2.36. The minimum Gasteiger partial charge on any atom is -0.493 e. The van der Waals surface area contributed by atoms with Gasteiger partial charge in [-0.2, -0.15) is 0 Å². The predicted molar refractivity (Wildman–Crippen MR) is 90.8 cm³/mol. The smallest absolute Gasteiger partial charge is 0.163 e. The van der Waals surface area contributed by atoms with Crippen LogP contribution in [0.3, 0.4) is 0 Å². The Morgan fingerprint density at radius 2 is 1.70 bits per heavy atom. The lowest BCUT2D eigenvalue weighted by molar-refractivity contribution is 0.156. The number of ether oxygens (including phenoxy) is 2. The first-order valence-corrected chi connectivity index (χ1v) is 8.43. The second kappa shape index (κ2) is 8.50. The van der Waals surface area contributed by atoms with Crippen LogP contribution in [0.4, 0.5) is 4.39 Å². The second-order valence-corrected chi connectivity index (χ2v) is 6.50. The molecule has 1 saturated heterocycles. The zero-order valence-electron chi connectivity index (χ0n) is 14.7. The fraction of sp³-hybridized carbons (Fsp3) is 0.667. The van der Waals surface area contributed by atoms with Gasteiger partial charge in [0.1, 0.15) is 5.82 Å². The highest BCUT2D eigenvalue weighted by Crippen LogP contribution is 2.36. The first-order chi connectivity index (χ1) is 11.1. The summed E-state index contributed by atoms with van der Waals surface area (Å²) >= 11 is 0. The molecular weight excluding hydrogens is 295 g/mol. The molecule has 0 bridgehead atoms. The van der Waals surface area contributed by atoms with Gasteiger partial charge < -0.3 is 14.8 Å². The van der Waals surface area contributed by atoms with Gasteiger partial charge in [0.25, 0.3) is 0 Å². The number of methoxy groups -OCH3 is 2. The van der Waals surface area contributed by atoms with Crippen LogP contribution in [0.1, 0.15) is 38.3 Å². The van der Waals surface area contributed by atoms with Crippen molar-refractivity contribution in [1.82, 2.24) is 10.2 Å². The quantitative estimate of drug-likeness (QED) is 0.835. The van der Waals surface area contributed by atoms with Crippen LogP contribution >= 0.6 is 0 Å². The number of rotatable bonds is 7. The second-order valence-electron chi connectivity index (χ2n) is 6.50. The van der Waals surface area contributed by atoms with E-state index < -0.39 is 0 Å². The van der Waals surface area contributed by atoms with Gasteiger partial charge in [-0.25, -0.2) is 4.39 Å². The standard InChI is InChI=1S/C18H29FN2O2/c1-13(2)5-6-16(21-9-7-20-8-10-21)14-11-17(22-3)18(23-4)12-15(14)19/h11-13,16,20H,5-10H2,1-4H3/t16-/m0/s1. The van der Waals surface area contributed by atoms with E-state index in [-0.39, 0.29) is 11.9 Å². The Bertz CT molecular complexity index is 502. The molecular formula is C18H29FN2O2. The Labute approximate surface area is 139 Å². The van der Waals surface area contributed by atoms with E-state index in [0.717, 1.165) is 39.0 Å². The SMILES string of the molecule is COc1cc(F)c([C@H](CCC(C)C)N2CCNCC2)cc1OC. The van der Waals surface area contributed by atoms with Crippen LogP contribution in [0.25, 0.3) is 0 Å². The molecule has 2 rings (SSSR count). The Morgan fingerprint density at radius 1 is 1.09 bits per heavy atom. The van der Waals surface area contributed by atoms with Crippen LogP contribution in [0.2, 0.25) is 0 Å². The van der Waals surface area contributed by atoms with Crippen molar-refractivity contribution < 1.29 is 13.9 Å². The Kier molecular flexibility index (Phi) is 6.66. The first-order valence-electron chi connectivity index (χ1n) is 8.43. The summed E-state index contributed by atoms with van der Waals surface area (Å²) in [5, 5.41) is 3.36. The zero-order valence-corrected chi connectivity index (χ0v) is 14.7. The summed E-state index contributed by atoms with van der Waals surface area (Å²) in [6.45, 7) is 8.20. The number of hydrogen-bond donors (Lipinski definition) is 1. The van der Waals surface area contributed by atoms with Crippen LogP contribution in [0.15, 0.2) is 12.1 Å². The lowest BCUT2D eigenvalue weighted by Crippen LogP contribution is -2.45. The molecule has 1 atom stereocenters. The number of benzene rings is 1. The third-order valence-electron chi connectivity index (χ3n) is 4.47. The maximum Gasteiger partial charge on any atom is 0.163 e. The number of piperazine rings is 1. The molecule has 1 fully saturated rings. The molecule has 0 aromatic heterocycles. The number of nitrogens with zero attached hydrogens (tertiary/aromatic N) is 1. The minimum absolute atomic E-state index is 0.0827. The van der Waals surface area contributed by atoms with Gasteiger partial charge >= 0.3 is 0 Å². The number of nitrogens with one attached hydrogen (secondary N) is 1. The van der Waals surface area contributed by atoms with Crippen molar-refractivity contribution in [2.75, 3.05) is 40.4 Å². The lowest BCUT2D eigenvalue weighted by atomic mass is 9.95. The minimum atomic E-state index is -0.213. The summed E-state index contributed by atoms with van der Waals surface area (Å²) in [7, 11) is 3.12. The van der Waals surface area contributed by atoms with Gasteiger partial charge in [0.05, 0.1) is 14.2 Å². The van der Waals surface area contributed by atoms with Gasteiger partial charge in [0, 0.05) is 43.9 Å². The van der Waals surface area contributed by atoms with E-state index in [0.29, 0.717) is 23.0 Å². The third-order valence-corrected chi connectivity index (χ3v) is 4.47. The molecule has 1 aromatic rings. The number of halogens is 1. The van der Waals surface area contributed by atoms with Crippen molar-refractivity contribution >= 4 is 0 Å². The van der Waals surface area contributed by atoms with Crippen LogP contribution in [-0.2, 0) is 0 Å². The van der Waals surface area contributed by atoms with Crippen molar-refractivity contribution in [2.45, 2.75) is 32.7 Å². The van der Waals surface area contributed by atoms with Gasteiger partial charge in [0.2, 0.25) is 0 Å². The third kappa shape index (κ3) is 4.58. The van der Waals surface area contributed by atoms with E-state index >= 15 is 0 Å². The highest BCUT2D eigenvalue weighted by atomic mass is 19.1. The van der Waals surface area contributed by atoms with Crippen molar-refractivity contribution in [3.05, 3.63) is 23.5 Å². The summed E-state index contributed by atoms with van der Waals surface area (Å²) in [5.41, 5.74) is 0.713.